The Balaban J connectivity index is 1.35. The number of hydrogen-bond donors (Lipinski definition) is 2. The third kappa shape index (κ3) is 4.43. The summed E-state index contributed by atoms with van der Waals surface area (Å²) in [6, 6.07) is 14.6. The van der Waals surface area contributed by atoms with E-state index in [4.69, 9.17) is 17.0 Å². The summed E-state index contributed by atoms with van der Waals surface area (Å²) < 4.78 is 11.7. The minimum Gasteiger partial charge on any atom is -0.494 e. The maximum Gasteiger partial charge on any atom is 0.214 e. The van der Waals surface area contributed by atoms with Gasteiger partial charge < -0.3 is 24.3 Å². The maximum atomic E-state index is 11.3. The van der Waals surface area contributed by atoms with Gasteiger partial charge in [0.05, 0.1) is 12.3 Å². The van der Waals surface area contributed by atoms with Gasteiger partial charge in [-0.25, -0.2) is 0 Å². The van der Waals surface area contributed by atoms with E-state index in [2.05, 4.69) is 86.7 Å². The van der Waals surface area contributed by atoms with Crippen LogP contribution in [-0.2, 0) is 6.42 Å². The Morgan fingerprint density at radius 1 is 1.14 bits per heavy atom. The van der Waals surface area contributed by atoms with Crippen molar-refractivity contribution in [2.24, 2.45) is 0 Å². The number of halogens is 1. The monoisotopic (exact) mass is 580 g/mol. The highest BCUT2D eigenvalue weighted by atomic mass is 79.9. The van der Waals surface area contributed by atoms with E-state index in [9.17, 15) is 5.11 Å². The molecule has 2 aromatic carbocycles. The van der Waals surface area contributed by atoms with Crippen molar-refractivity contribution in [2.75, 3.05) is 26.2 Å². The fourth-order valence-corrected chi connectivity index (χ4v) is 6.85. The first-order chi connectivity index (χ1) is 17.9. The summed E-state index contributed by atoms with van der Waals surface area (Å²) in [6.07, 6.45) is 4.31. The number of ether oxygens (including phenoxy) is 1. The molecule has 0 radical (unpaired) electrons. The molecule has 2 aliphatic heterocycles. The molecule has 8 heteroatoms. The molecule has 2 N–H and O–H groups in total. The number of aromatic hydroxyl groups is 1. The van der Waals surface area contributed by atoms with Gasteiger partial charge in [-0.1, -0.05) is 28.1 Å². The van der Waals surface area contributed by atoms with Crippen LogP contribution in [0.2, 0.25) is 0 Å². The van der Waals surface area contributed by atoms with E-state index >= 15 is 0 Å². The van der Waals surface area contributed by atoms with Crippen molar-refractivity contribution < 1.29 is 9.84 Å². The van der Waals surface area contributed by atoms with Crippen LogP contribution >= 0.6 is 28.1 Å². The zero-order valence-electron chi connectivity index (χ0n) is 21.3. The van der Waals surface area contributed by atoms with Crippen molar-refractivity contribution in [3.8, 4) is 11.6 Å². The number of rotatable bonds is 7. The molecule has 1 saturated heterocycles. The van der Waals surface area contributed by atoms with Crippen molar-refractivity contribution in [3.05, 3.63) is 74.2 Å². The van der Waals surface area contributed by atoms with Gasteiger partial charge in [0.15, 0.2) is 4.77 Å². The van der Waals surface area contributed by atoms with E-state index in [1.165, 1.54) is 36.9 Å². The summed E-state index contributed by atoms with van der Waals surface area (Å²) in [5.41, 5.74) is 5.38. The van der Waals surface area contributed by atoms with Crippen LogP contribution in [0.3, 0.4) is 0 Å². The molecule has 2 aromatic heterocycles. The van der Waals surface area contributed by atoms with Crippen molar-refractivity contribution in [1.82, 2.24) is 19.0 Å². The minimum atomic E-state index is -0.160. The Kier molecular flexibility index (Phi) is 6.67. The van der Waals surface area contributed by atoms with Crippen molar-refractivity contribution >= 4 is 39.1 Å². The van der Waals surface area contributed by atoms with Crippen LogP contribution in [0.1, 0.15) is 67.7 Å². The fraction of sp³-hybridized carbons (Fsp3) is 0.414. The van der Waals surface area contributed by atoms with Gasteiger partial charge in [0.2, 0.25) is 5.88 Å². The summed E-state index contributed by atoms with van der Waals surface area (Å²) in [4.78, 5) is 6.21. The lowest BCUT2D eigenvalue weighted by atomic mass is 9.93. The summed E-state index contributed by atoms with van der Waals surface area (Å²) >= 11 is 9.57. The number of hydrogen-bond acceptors (Lipinski definition) is 4. The highest BCUT2D eigenvalue weighted by molar-refractivity contribution is 9.10. The van der Waals surface area contributed by atoms with Gasteiger partial charge in [-0.15, -0.1) is 0 Å². The summed E-state index contributed by atoms with van der Waals surface area (Å²) in [5, 5.41) is 12.4. The SMILES string of the molecule is CC(C)n1c(O)c2n(c1=S)C(c1ccc(OCCCN3CCCC3)cc1)c1[nH]c3ccc(Br)cc3c1C2. The number of benzene rings is 2. The number of imidazole rings is 1. The van der Waals surface area contributed by atoms with Crippen molar-refractivity contribution in [3.63, 3.8) is 0 Å². The molecular weight excluding hydrogens is 548 g/mol. The normalized spacial score (nSPS) is 17.5. The largest absolute Gasteiger partial charge is 0.494 e. The van der Waals surface area contributed by atoms with E-state index in [0.717, 1.165) is 52.3 Å². The smallest absolute Gasteiger partial charge is 0.214 e. The quantitative estimate of drug-likeness (QED) is 0.161. The second-order valence-corrected chi connectivity index (χ2v) is 11.8. The van der Waals surface area contributed by atoms with Gasteiger partial charge in [0.25, 0.3) is 0 Å². The fourth-order valence-electron chi connectivity index (χ4n) is 5.97. The Morgan fingerprint density at radius 2 is 1.89 bits per heavy atom. The van der Waals surface area contributed by atoms with E-state index < -0.39 is 0 Å². The number of H-pyrrole nitrogens is 1. The first-order valence-electron chi connectivity index (χ1n) is 13.2. The summed E-state index contributed by atoms with van der Waals surface area (Å²) in [7, 11) is 0. The standard InChI is InChI=1S/C29H33BrN4O2S/c1-18(2)33-28(35)25-17-23-22-16-20(30)8-11-24(22)31-26(23)27(34(25)29(33)37)19-6-9-21(10-7-19)36-15-5-14-32-12-3-4-13-32/h6-11,16,18,27,31,35H,3-5,12-15,17H2,1-2H3. The lowest BCUT2D eigenvalue weighted by molar-refractivity contribution is 0.263. The molecule has 4 heterocycles. The number of likely N-dealkylation sites (tertiary alicyclic amines) is 1. The molecular formula is C29H33BrN4O2S. The number of nitrogens with zero attached hydrogens (tertiary/aromatic N) is 3. The van der Waals surface area contributed by atoms with Crippen LogP contribution in [0, 0.1) is 4.77 Å². The van der Waals surface area contributed by atoms with Crippen LogP contribution in [-0.4, -0.2) is 50.4 Å². The molecule has 37 heavy (non-hydrogen) atoms. The van der Waals surface area contributed by atoms with E-state index in [-0.39, 0.29) is 18.0 Å². The van der Waals surface area contributed by atoms with Crippen LogP contribution in [0.4, 0.5) is 0 Å². The van der Waals surface area contributed by atoms with Crippen LogP contribution < -0.4 is 4.74 Å². The van der Waals surface area contributed by atoms with E-state index in [1.54, 1.807) is 0 Å². The molecule has 0 amide bonds. The Hall–Kier alpha value is -2.55. The maximum absolute atomic E-state index is 11.3. The minimum absolute atomic E-state index is 0.0619. The Bertz CT molecular complexity index is 1500. The average Bonchev–Trinajstić information content (AvgIpc) is 3.58. The predicted octanol–water partition coefficient (Wildman–Crippen LogP) is 6.96. The third-order valence-electron chi connectivity index (χ3n) is 7.76. The van der Waals surface area contributed by atoms with E-state index in [1.807, 2.05) is 4.57 Å². The van der Waals surface area contributed by atoms with Gasteiger partial charge in [-0.2, -0.15) is 0 Å². The molecule has 4 aromatic rings. The van der Waals surface area contributed by atoms with Crippen LogP contribution in [0.25, 0.3) is 10.9 Å². The van der Waals surface area contributed by atoms with Crippen LogP contribution in [0.15, 0.2) is 46.9 Å². The van der Waals surface area contributed by atoms with Crippen molar-refractivity contribution in [2.45, 2.75) is 51.6 Å². The van der Waals surface area contributed by atoms with Gasteiger partial charge in [0.1, 0.15) is 11.8 Å². The molecule has 194 valence electrons. The molecule has 6 nitrogen and oxygen atoms in total. The summed E-state index contributed by atoms with van der Waals surface area (Å²) in [5.74, 6) is 1.14. The average molecular weight is 582 g/mol. The van der Waals surface area contributed by atoms with Gasteiger partial charge in [-0.3, -0.25) is 4.57 Å². The highest BCUT2D eigenvalue weighted by Crippen LogP contribution is 2.44. The molecule has 1 unspecified atom stereocenters. The molecule has 0 bridgehead atoms. The van der Waals surface area contributed by atoms with Crippen molar-refractivity contribution in [1.29, 1.82) is 0 Å². The van der Waals surface area contributed by atoms with E-state index in [0.29, 0.717) is 11.2 Å². The second kappa shape index (κ2) is 9.97. The van der Waals surface area contributed by atoms with Gasteiger partial charge in [-0.05, 0) is 99.9 Å². The Labute approximate surface area is 231 Å². The second-order valence-electron chi connectivity index (χ2n) is 10.5. The van der Waals surface area contributed by atoms with Gasteiger partial charge >= 0.3 is 0 Å². The molecule has 1 atom stereocenters. The molecule has 0 saturated carbocycles. The first-order valence-corrected chi connectivity index (χ1v) is 14.4. The number of aromatic amines is 1. The molecule has 0 spiro atoms. The van der Waals surface area contributed by atoms with Crippen LogP contribution in [0.5, 0.6) is 11.6 Å². The molecule has 6 rings (SSSR count). The lowest BCUT2D eigenvalue weighted by Gasteiger charge is -2.27. The topological polar surface area (TPSA) is 58.4 Å². The molecule has 0 aliphatic carbocycles. The zero-order valence-corrected chi connectivity index (χ0v) is 23.7. The third-order valence-corrected chi connectivity index (χ3v) is 8.65. The summed E-state index contributed by atoms with van der Waals surface area (Å²) in [6.45, 7) is 8.39. The van der Waals surface area contributed by atoms with Gasteiger partial charge in [0, 0.05) is 40.1 Å². The number of fused-ring (bicyclic) bond motifs is 4. The number of nitrogens with one attached hydrogen (secondary N) is 1. The predicted molar refractivity (Wildman–Crippen MR) is 154 cm³/mol. The zero-order chi connectivity index (χ0) is 25.7. The number of aromatic nitrogens is 3. The molecule has 1 fully saturated rings. The molecule has 2 aliphatic rings. The highest BCUT2D eigenvalue weighted by Gasteiger charge is 2.34. The Morgan fingerprint density at radius 3 is 2.62 bits per heavy atom. The lowest BCUT2D eigenvalue weighted by Crippen LogP contribution is -2.22. The first kappa shape index (κ1) is 24.8.